The second-order valence-corrected chi connectivity index (χ2v) is 5.89. The number of ether oxygens (including phenoxy) is 1. The van der Waals surface area contributed by atoms with E-state index in [1.807, 2.05) is 0 Å². The maximum atomic E-state index is 10.4. The number of hydrogen-bond donors (Lipinski definition) is 2. The van der Waals surface area contributed by atoms with E-state index in [0.717, 1.165) is 0 Å². The van der Waals surface area contributed by atoms with Crippen molar-refractivity contribution >= 4 is 46.7 Å². The van der Waals surface area contributed by atoms with E-state index < -0.39 is 22.4 Å². The van der Waals surface area contributed by atoms with Crippen molar-refractivity contribution in [3.05, 3.63) is 29.3 Å². The summed E-state index contributed by atoms with van der Waals surface area (Å²) in [6, 6.07) is 6.54. The van der Waals surface area contributed by atoms with Gasteiger partial charge in [-0.2, -0.15) is 0 Å². The maximum Gasteiger partial charge on any atom is 0.344 e. The molecule has 2 N–H and O–H groups in total. The van der Waals surface area contributed by atoms with Crippen molar-refractivity contribution in [1.29, 1.82) is 0 Å². The van der Waals surface area contributed by atoms with Crippen LogP contribution in [0.5, 0.6) is 5.75 Å². The highest BCUT2D eigenvalue weighted by Gasteiger charge is 2.25. The molecule has 0 radical (unpaired) electrons. The van der Waals surface area contributed by atoms with Gasteiger partial charge in [-0.05, 0) is 38.1 Å². The molecular formula is C12H13Cl3O5. The normalized spacial score (nSPS) is 11.8. The molecule has 0 heterocycles. The van der Waals surface area contributed by atoms with Crippen molar-refractivity contribution in [2.24, 2.45) is 0 Å². The molecule has 20 heavy (non-hydrogen) atoms. The summed E-state index contributed by atoms with van der Waals surface area (Å²) in [5, 5.41) is 17.1. The first-order valence-corrected chi connectivity index (χ1v) is 6.43. The Hall–Kier alpha value is -1.17. The number of benzene rings is 1. The Bertz CT molecular complexity index is 453. The summed E-state index contributed by atoms with van der Waals surface area (Å²) >= 11 is 15.7. The Morgan fingerprint density at radius 1 is 1.20 bits per heavy atom. The Morgan fingerprint density at radius 2 is 1.60 bits per heavy atom. The molecule has 8 heteroatoms. The van der Waals surface area contributed by atoms with Crippen LogP contribution in [0.15, 0.2) is 24.3 Å². The Balaban J connectivity index is 0.000000441. The highest BCUT2D eigenvalue weighted by molar-refractivity contribution is 6.56. The highest BCUT2D eigenvalue weighted by atomic mass is 35.5. The van der Waals surface area contributed by atoms with E-state index in [4.69, 9.17) is 49.8 Å². The number of carbonyl (C=O) groups is 2. The molecule has 5 nitrogen and oxygen atoms in total. The minimum Gasteiger partial charge on any atom is -0.479 e. The van der Waals surface area contributed by atoms with Crippen molar-refractivity contribution < 1.29 is 24.5 Å². The highest BCUT2D eigenvalue weighted by Crippen LogP contribution is 2.18. The summed E-state index contributed by atoms with van der Waals surface area (Å²) in [5.74, 6) is -1.72. The molecule has 112 valence electrons. The molecule has 1 aromatic rings. The van der Waals surface area contributed by atoms with Crippen molar-refractivity contribution in [2.75, 3.05) is 0 Å². The molecule has 0 saturated heterocycles. The van der Waals surface area contributed by atoms with Gasteiger partial charge in [0, 0.05) is 5.02 Å². The number of aliphatic carboxylic acids is 2. The van der Waals surface area contributed by atoms with Gasteiger partial charge in [0.05, 0.1) is 0 Å². The van der Waals surface area contributed by atoms with Crippen LogP contribution in [0.4, 0.5) is 0 Å². The van der Waals surface area contributed by atoms with Crippen LogP contribution < -0.4 is 4.74 Å². The molecule has 0 aliphatic rings. The number of alkyl halides is 2. The van der Waals surface area contributed by atoms with E-state index >= 15 is 0 Å². The fourth-order valence-corrected chi connectivity index (χ4v) is 0.894. The molecule has 0 aliphatic heterocycles. The minimum absolute atomic E-state index is 0.499. The summed E-state index contributed by atoms with van der Waals surface area (Å²) in [6.07, 6.45) is -0.846. The van der Waals surface area contributed by atoms with Gasteiger partial charge in [0.15, 0.2) is 6.10 Å². The largest absolute Gasteiger partial charge is 0.479 e. The van der Waals surface area contributed by atoms with Gasteiger partial charge in [-0.3, -0.25) is 0 Å². The van der Waals surface area contributed by atoms with Crippen molar-refractivity contribution in [3.63, 3.8) is 0 Å². The van der Waals surface area contributed by atoms with Gasteiger partial charge in [-0.1, -0.05) is 34.8 Å². The summed E-state index contributed by atoms with van der Waals surface area (Å²) in [5.41, 5.74) is 0. The number of rotatable bonds is 4. The predicted molar refractivity (Wildman–Crippen MR) is 76.9 cm³/mol. The molecule has 1 atom stereocenters. The van der Waals surface area contributed by atoms with E-state index in [-0.39, 0.29) is 0 Å². The van der Waals surface area contributed by atoms with Crippen LogP contribution in [0.3, 0.4) is 0 Å². The van der Waals surface area contributed by atoms with Gasteiger partial charge in [0.25, 0.3) is 0 Å². The van der Waals surface area contributed by atoms with Gasteiger partial charge in [-0.25, -0.2) is 9.59 Å². The summed E-state index contributed by atoms with van der Waals surface area (Å²) in [6.45, 7) is 2.66. The second-order valence-electron chi connectivity index (χ2n) is 3.75. The van der Waals surface area contributed by atoms with E-state index in [1.54, 1.807) is 24.3 Å². The van der Waals surface area contributed by atoms with Crippen LogP contribution in [-0.2, 0) is 9.59 Å². The molecule has 1 aromatic carbocycles. The lowest BCUT2D eigenvalue weighted by Gasteiger charge is -2.09. The van der Waals surface area contributed by atoms with Gasteiger partial charge in [-0.15, -0.1) is 0 Å². The molecule has 0 aliphatic carbocycles. The fourth-order valence-electron chi connectivity index (χ4n) is 0.768. The molecule has 0 amide bonds. The summed E-state index contributed by atoms with van der Waals surface area (Å²) in [7, 11) is 0. The van der Waals surface area contributed by atoms with Crippen LogP contribution in [-0.4, -0.2) is 32.6 Å². The molecular weight excluding hydrogens is 330 g/mol. The zero-order valence-corrected chi connectivity index (χ0v) is 12.9. The smallest absolute Gasteiger partial charge is 0.344 e. The van der Waals surface area contributed by atoms with Crippen LogP contribution in [0.2, 0.25) is 5.02 Å². The van der Waals surface area contributed by atoms with Crippen LogP contribution in [0, 0.1) is 0 Å². The van der Waals surface area contributed by atoms with Crippen LogP contribution in [0.1, 0.15) is 13.8 Å². The first-order valence-electron chi connectivity index (χ1n) is 5.30. The van der Waals surface area contributed by atoms with Crippen molar-refractivity contribution in [1.82, 2.24) is 0 Å². The number of carboxylic acid groups (broad SMARTS) is 2. The van der Waals surface area contributed by atoms with E-state index in [0.29, 0.717) is 10.8 Å². The summed E-state index contributed by atoms with van der Waals surface area (Å²) < 4.78 is 3.43. The van der Waals surface area contributed by atoms with E-state index in [9.17, 15) is 9.59 Å². The van der Waals surface area contributed by atoms with Crippen LogP contribution in [0.25, 0.3) is 0 Å². The number of hydrogen-bond acceptors (Lipinski definition) is 3. The summed E-state index contributed by atoms with van der Waals surface area (Å²) in [4.78, 5) is 20.2. The van der Waals surface area contributed by atoms with E-state index in [2.05, 4.69) is 0 Å². The molecule has 0 fully saturated rings. The molecule has 0 bridgehead atoms. The Morgan fingerprint density at radius 3 is 1.90 bits per heavy atom. The Kier molecular flexibility index (Phi) is 7.71. The first kappa shape index (κ1) is 18.8. The molecule has 0 saturated carbocycles. The monoisotopic (exact) mass is 342 g/mol. The van der Waals surface area contributed by atoms with E-state index in [1.165, 1.54) is 13.8 Å². The first-order chi connectivity index (χ1) is 9.04. The Labute approximate surface area is 131 Å². The molecule has 0 spiro atoms. The zero-order valence-electron chi connectivity index (χ0n) is 10.6. The molecule has 1 rings (SSSR count). The third kappa shape index (κ3) is 8.09. The average Bonchev–Trinajstić information content (AvgIpc) is 2.31. The van der Waals surface area contributed by atoms with Gasteiger partial charge in [0.2, 0.25) is 4.33 Å². The fraction of sp³-hybridized carbons (Fsp3) is 0.333. The van der Waals surface area contributed by atoms with Gasteiger partial charge >= 0.3 is 11.9 Å². The quantitative estimate of drug-likeness (QED) is 0.818. The third-order valence-electron chi connectivity index (χ3n) is 1.85. The van der Waals surface area contributed by atoms with Crippen molar-refractivity contribution in [2.45, 2.75) is 24.3 Å². The molecule has 0 aromatic heterocycles. The lowest BCUT2D eigenvalue weighted by Crippen LogP contribution is -2.22. The second kappa shape index (κ2) is 8.19. The SMILES string of the molecule is CC(Cl)(Cl)C(=O)O.CC(Oc1ccc(Cl)cc1)C(=O)O. The zero-order chi connectivity index (χ0) is 15.9. The minimum atomic E-state index is -1.64. The molecule has 1 unspecified atom stereocenters. The van der Waals surface area contributed by atoms with Crippen LogP contribution >= 0.6 is 34.8 Å². The number of halogens is 3. The average molecular weight is 344 g/mol. The topological polar surface area (TPSA) is 83.8 Å². The van der Waals surface area contributed by atoms with Gasteiger partial charge in [0.1, 0.15) is 5.75 Å². The predicted octanol–water partition coefficient (Wildman–Crippen LogP) is 3.46. The third-order valence-corrected chi connectivity index (χ3v) is 2.43. The lowest BCUT2D eigenvalue weighted by molar-refractivity contribution is -0.144. The van der Waals surface area contributed by atoms with Gasteiger partial charge < -0.3 is 14.9 Å². The van der Waals surface area contributed by atoms with Crippen molar-refractivity contribution in [3.8, 4) is 5.75 Å². The lowest BCUT2D eigenvalue weighted by atomic mass is 10.3. The number of carboxylic acids is 2. The maximum absolute atomic E-state index is 10.4. The standard InChI is InChI=1S/C9H9ClO3.C3H4Cl2O2/c1-6(9(11)12)13-8-4-2-7(10)3-5-8;1-3(4,5)2(6)7/h2-6H,1H3,(H,11,12);1H3,(H,6,7).